The average molecular weight is 469 g/mol. The van der Waals surface area contributed by atoms with Gasteiger partial charge in [-0.2, -0.15) is 18.3 Å². The van der Waals surface area contributed by atoms with Crippen molar-refractivity contribution in [3.63, 3.8) is 0 Å². The number of hydrogen-bond acceptors (Lipinski definition) is 4. The van der Waals surface area contributed by atoms with E-state index in [1.54, 1.807) is 18.2 Å². The van der Waals surface area contributed by atoms with E-state index in [1.807, 2.05) is 12.1 Å². The Hall–Kier alpha value is -4.15. The summed E-state index contributed by atoms with van der Waals surface area (Å²) in [7, 11) is 0. The lowest BCUT2D eigenvalue weighted by Crippen LogP contribution is -2.43. The molecule has 1 fully saturated rings. The average Bonchev–Trinajstić information content (AvgIpc) is 3.50. The van der Waals surface area contributed by atoms with Gasteiger partial charge in [-0.15, -0.1) is 0 Å². The van der Waals surface area contributed by atoms with Crippen LogP contribution in [-0.2, 0) is 27.7 Å². The molecule has 1 unspecified atom stereocenters. The lowest BCUT2D eigenvalue weighted by Gasteiger charge is -2.22. The van der Waals surface area contributed by atoms with E-state index in [0.717, 1.165) is 22.6 Å². The Balaban J connectivity index is 1.40. The molecule has 1 aliphatic heterocycles. The number of urea groups is 1. The van der Waals surface area contributed by atoms with E-state index >= 15 is 0 Å². The zero-order chi connectivity index (χ0) is 24.1. The summed E-state index contributed by atoms with van der Waals surface area (Å²) >= 11 is 0. The van der Waals surface area contributed by atoms with Crippen molar-refractivity contribution in [2.45, 2.75) is 24.6 Å². The summed E-state index contributed by atoms with van der Waals surface area (Å²) in [5.41, 5.74) is -0.522. The molecule has 34 heavy (non-hydrogen) atoms. The molecule has 1 aliphatic carbocycles. The van der Waals surface area contributed by atoms with Crippen LogP contribution >= 0.6 is 0 Å². The van der Waals surface area contributed by atoms with Crippen molar-refractivity contribution in [3.05, 3.63) is 77.6 Å². The second-order valence-corrected chi connectivity index (χ2v) is 8.11. The van der Waals surface area contributed by atoms with Crippen LogP contribution in [0.3, 0.4) is 0 Å². The first kappa shape index (κ1) is 21.7. The summed E-state index contributed by atoms with van der Waals surface area (Å²) in [5.74, 6) is -1.38. The second-order valence-electron chi connectivity index (χ2n) is 8.11. The second kappa shape index (κ2) is 7.72. The molecule has 3 aromatic rings. The molecule has 11 heteroatoms. The molecule has 1 aromatic heterocycles. The fraction of sp³-hybridized carbons (Fsp3) is 0.217. The molecular formula is C23H18F3N5O3. The summed E-state index contributed by atoms with van der Waals surface area (Å²) < 4.78 is 41.1. The minimum absolute atomic E-state index is 0.156. The van der Waals surface area contributed by atoms with Gasteiger partial charge in [-0.05, 0) is 48.2 Å². The maximum Gasteiger partial charge on any atom is 0.416 e. The standard InChI is InChI=1S/C23H18F3N5O3/c24-23(25,26)15-6-7-18(31-11-3-10-27-31)17(12-15)28-19(32)13-30-20(33)22(29-21(30)34)9-8-14-4-1-2-5-16(14)22/h1-7,10-12H,8-9,13H2,(H,28,32)(H,29,34). The van der Waals surface area contributed by atoms with Crippen LogP contribution in [0.4, 0.5) is 23.7 Å². The van der Waals surface area contributed by atoms with Gasteiger partial charge in [0, 0.05) is 12.4 Å². The Morgan fingerprint density at radius 2 is 1.94 bits per heavy atom. The summed E-state index contributed by atoms with van der Waals surface area (Å²) in [6, 6.07) is 11.0. The van der Waals surface area contributed by atoms with Crippen molar-refractivity contribution >= 4 is 23.5 Å². The van der Waals surface area contributed by atoms with Gasteiger partial charge in [0.2, 0.25) is 5.91 Å². The fourth-order valence-corrected chi connectivity index (χ4v) is 4.49. The minimum atomic E-state index is -4.63. The van der Waals surface area contributed by atoms with Gasteiger partial charge >= 0.3 is 12.2 Å². The number of imide groups is 1. The molecule has 5 rings (SSSR count). The number of halogens is 3. The first-order valence-corrected chi connectivity index (χ1v) is 10.4. The molecule has 0 bridgehead atoms. The largest absolute Gasteiger partial charge is 0.416 e. The SMILES string of the molecule is O=C(CN1C(=O)NC2(CCc3ccccc32)C1=O)Nc1cc(C(F)(F)F)ccc1-n1cccn1. The number of hydrogen-bond donors (Lipinski definition) is 2. The lowest BCUT2D eigenvalue weighted by molar-refractivity contribution is -0.137. The number of aromatic nitrogens is 2. The highest BCUT2D eigenvalue weighted by Crippen LogP contribution is 2.41. The number of benzene rings is 2. The molecule has 0 saturated carbocycles. The molecular weight excluding hydrogens is 451 g/mol. The van der Waals surface area contributed by atoms with Gasteiger partial charge in [-0.25, -0.2) is 9.48 Å². The predicted octanol–water partition coefficient (Wildman–Crippen LogP) is 3.22. The topological polar surface area (TPSA) is 96.3 Å². The molecule has 1 atom stereocenters. The van der Waals surface area contributed by atoms with Crippen LogP contribution in [0.2, 0.25) is 0 Å². The third kappa shape index (κ3) is 3.49. The van der Waals surface area contributed by atoms with Crippen molar-refractivity contribution < 1.29 is 27.6 Å². The molecule has 1 spiro atoms. The zero-order valence-corrected chi connectivity index (χ0v) is 17.6. The van der Waals surface area contributed by atoms with Gasteiger partial charge in [0.1, 0.15) is 12.1 Å². The normalized spacial score (nSPS) is 19.4. The van der Waals surface area contributed by atoms with Gasteiger partial charge < -0.3 is 10.6 Å². The van der Waals surface area contributed by atoms with Gasteiger partial charge in [0.25, 0.3) is 5.91 Å². The van der Waals surface area contributed by atoms with E-state index in [9.17, 15) is 27.6 Å². The monoisotopic (exact) mass is 469 g/mol. The van der Waals surface area contributed by atoms with E-state index in [0.29, 0.717) is 18.4 Å². The van der Waals surface area contributed by atoms with Crippen molar-refractivity contribution in [3.8, 4) is 5.69 Å². The van der Waals surface area contributed by atoms with Crippen LogP contribution in [-0.4, -0.2) is 39.1 Å². The first-order valence-electron chi connectivity index (χ1n) is 10.4. The molecule has 2 aliphatic rings. The summed E-state index contributed by atoms with van der Waals surface area (Å²) in [5, 5.41) is 9.11. The van der Waals surface area contributed by atoms with Gasteiger partial charge in [0.05, 0.1) is 16.9 Å². The number of carbonyl (C=O) groups is 3. The molecule has 0 radical (unpaired) electrons. The fourth-order valence-electron chi connectivity index (χ4n) is 4.49. The zero-order valence-electron chi connectivity index (χ0n) is 17.6. The number of amides is 4. The van der Waals surface area contributed by atoms with Gasteiger partial charge in [0.15, 0.2) is 0 Å². The highest BCUT2D eigenvalue weighted by Gasteiger charge is 2.55. The highest BCUT2D eigenvalue weighted by atomic mass is 19.4. The van der Waals surface area contributed by atoms with Crippen molar-refractivity contribution in [1.82, 2.24) is 20.0 Å². The van der Waals surface area contributed by atoms with Crippen LogP contribution < -0.4 is 10.6 Å². The Bertz CT molecular complexity index is 1310. The first-order chi connectivity index (χ1) is 16.2. The van der Waals surface area contributed by atoms with Crippen LogP contribution in [0.1, 0.15) is 23.1 Å². The van der Waals surface area contributed by atoms with E-state index < -0.39 is 41.7 Å². The van der Waals surface area contributed by atoms with Gasteiger partial charge in [-0.1, -0.05) is 24.3 Å². The number of rotatable bonds is 4. The third-order valence-electron chi connectivity index (χ3n) is 6.07. The highest BCUT2D eigenvalue weighted by molar-refractivity contribution is 6.11. The molecule has 2 aromatic carbocycles. The minimum Gasteiger partial charge on any atom is -0.323 e. The van der Waals surface area contributed by atoms with Crippen molar-refractivity contribution in [1.29, 1.82) is 0 Å². The third-order valence-corrected chi connectivity index (χ3v) is 6.07. The van der Waals surface area contributed by atoms with Crippen LogP contribution in [0, 0.1) is 0 Å². The number of nitrogens with one attached hydrogen (secondary N) is 2. The number of alkyl halides is 3. The summed E-state index contributed by atoms with van der Waals surface area (Å²) in [6.07, 6.45) is -0.715. The quantitative estimate of drug-likeness (QED) is 0.574. The Morgan fingerprint density at radius 1 is 1.15 bits per heavy atom. The Kier molecular flexibility index (Phi) is 4.92. The number of anilines is 1. The Labute approximate surface area is 191 Å². The lowest BCUT2D eigenvalue weighted by atomic mass is 9.92. The maximum atomic E-state index is 13.3. The van der Waals surface area contributed by atoms with E-state index in [4.69, 9.17) is 0 Å². The van der Waals surface area contributed by atoms with Crippen LogP contribution in [0.25, 0.3) is 5.69 Å². The van der Waals surface area contributed by atoms with E-state index in [2.05, 4.69) is 15.7 Å². The molecule has 2 N–H and O–H groups in total. The van der Waals surface area contributed by atoms with Crippen molar-refractivity contribution in [2.75, 3.05) is 11.9 Å². The molecule has 2 heterocycles. The molecule has 1 saturated heterocycles. The smallest absolute Gasteiger partial charge is 0.323 e. The number of fused-ring (bicyclic) bond motifs is 2. The molecule has 8 nitrogen and oxygen atoms in total. The molecule has 174 valence electrons. The molecule has 4 amide bonds. The summed E-state index contributed by atoms with van der Waals surface area (Å²) in [4.78, 5) is 39.4. The maximum absolute atomic E-state index is 13.3. The number of aryl methyl sites for hydroxylation is 1. The predicted molar refractivity (Wildman–Crippen MR) is 114 cm³/mol. The van der Waals surface area contributed by atoms with Crippen LogP contribution in [0.5, 0.6) is 0 Å². The van der Waals surface area contributed by atoms with Gasteiger partial charge in [-0.3, -0.25) is 14.5 Å². The van der Waals surface area contributed by atoms with E-state index in [1.165, 1.54) is 23.1 Å². The summed E-state index contributed by atoms with van der Waals surface area (Å²) in [6.45, 7) is -0.649. The van der Waals surface area contributed by atoms with Crippen molar-refractivity contribution in [2.24, 2.45) is 0 Å². The van der Waals surface area contributed by atoms with E-state index in [-0.39, 0.29) is 11.4 Å². The van der Waals surface area contributed by atoms with Crippen LogP contribution in [0.15, 0.2) is 60.9 Å². The Morgan fingerprint density at radius 3 is 2.68 bits per heavy atom. The number of nitrogens with zero attached hydrogens (tertiary/aromatic N) is 3. The number of carbonyl (C=O) groups excluding carboxylic acids is 3.